The zero-order valence-electron chi connectivity index (χ0n) is 18.4. The Bertz CT molecular complexity index is 1220. The number of aryl methyl sites for hydroxylation is 1. The summed E-state index contributed by atoms with van der Waals surface area (Å²) in [5.74, 6) is -0.330. The van der Waals surface area contributed by atoms with Gasteiger partial charge in [0.2, 0.25) is 5.91 Å². The van der Waals surface area contributed by atoms with Crippen LogP contribution >= 0.6 is 11.3 Å². The second-order valence-electron chi connectivity index (χ2n) is 7.68. The van der Waals surface area contributed by atoms with Gasteiger partial charge < -0.3 is 15.0 Å². The molecule has 3 aromatic heterocycles. The number of hydrogen-bond acceptors (Lipinski definition) is 7. The Morgan fingerprint density at radius 3 is 2.79 bits per heavy atom. The molecule has 34 heavy (non-hydrogen) atoms. The first-order valence-corrected chi connectivity index (χ1v) is 11.7. The van der Waals surface area contributed by atoms with Crippen LogP contribution in [-0.2, 0) is 28.9 Å². The molecule has 8 nitrogen and oxygen atoms in total. The number of pyridine rings is 2. The normalized spacial score (nSPS) is 12.7. The molecule has 172 valence electrons. The highest BCUT2D eigenvalue weighted by atomic mass is 32.1. The van der Waals surface area contributed by atoms with E-state index in [2.05, 4.69) is 21.4 Å². The standard InChI is InChI=1S/C25H23N5O3S/c26-14-21-20-9-12-30(25(32)33-13-3-6-18-4-1-10-27-15-18)17-22(20)34-24(21)29-23(31)8-7-19-5-2-11-28-16-19/h1-2,4-5,7-8,10-11,15-16H,3,6,9,12-13,17H2,(H,29,31). The molecule has 9 heteroatoms. The molecule has 0 spiro atoms. The number of hydrogen-bond donors (Lipinski definition) is 1. The first-order valence-electron chi connectivity index (χ1n) is 10.9. The summed E-state index contributed by atoms with van der Waals surface area (Å²) in [6.45, 7) is 1.15. The third-order valence-electron chi connectivity index (χ3n) is 5.33. The number of thiophene rings is 1. The monoisotopic (exact) mass is 473 g/mol. The van der Waals surface area contributed by atoms with E-state index in [0.29, 0.717) is 36.7 Å². The summed E-state index contributed by atoms with van der Waals surface area (Å²) in [6, 6.07) is 9.72. The smallest absolute Gasteiger partial charge is 0.410 e. The van der Waals surface area contributed by atoms with Crippen molar-refractivity contribution < 1.29 is 14.3 Å². The molecule has 1 N–H and O–H groups in total. The molecule has 0 saturated carbocycles. The first-order chi connectivity index (χ1) is 16.6. The van der Waals surface area contributed by atoms with E-state index < -0.39 is 0 Å². The van der Waals surface area contributed by atoms with E-state index in [4.69, 9.17) is 4.74 Å². The Morgan fingerprint density at radius 2 is 2.06 bits per heavy atom. The fourth-order valence-electron chi connectivity index (χ4n) is 3.64. The SMILES string of the molecule is N#Cc1c(NC(=O)C=Cc2cccnc2)sc2c1CCN(C(=O)OCCCc1cccnc1)C2. The molecule has 3 aromatic rings. The molecule has 1 aliphatic rings. The van der Waals surface area contributed by atoms with Crippen LogP contribution in [0.25, 0.3) is 6.08 Å². The number of carbonyl (C=O) groups is 2. The van der Waals surface area contributed by atoms with Gasteiger partial charge in [0.1, 0.15) is 11.1 Å². The van der Waals surface area contributed by atoms with E-state index in [1.54, 1.807) is 35.6 Å². The van der Waals surface area contributed by atoms with Crippen molar-refractivity contribution in [2.24, 2.45) is 0 Å². The average molecular weight is 474 g/mol. The predicted octanol–water partition coefficient (Wildman–Crippen LogP) is 4.19. The summed E-state index contributed by atoms with van der Waals surface area (Å²) < 4.78 is 5.44. The number of aromatic nitrogens is 2. The van der Waals surface area contributed by atoms with E-state index >= 15 is 0 Å². The number of fused-ring (bicyclic) bond motifs is 1. The van der Waals surface area contributed by atoms with Gasteiger partial charge in [0, 0.05) is 42.3 Å². The van der Waals surface area contributed by atoms with Crippen molar-refractivity contribution in [2.75, 3.05) is 18.5 Å². The molecule has 2 amide bonds. The average Bonchev–Trinajstić information content (AvgIpc) is 3.22. The van der Waals surface area contributed by atoms with Crippen LogP contribution < -0.4 is 5.32 Å². The molecule has 0 saturated heterocycles. The van der Waals surface area contributed by atoms with Gasteiger partial charge in [-0.2, -0.15) is 5.26 Å². The fraction of sp³-hybridized carbons (Fsp3) is 0.240. The van der Waals surface area contributed by atoms with Gasteiger partial charge in [-0.25, -0.2) is 4.79 Å². The predicted molar refractivity (Wildman–Crippen MR) is 129 cm³/mol. The molecule has 0 radical (unpaired) electrons. The second kappa shape index (κ2) is 11.2. The zero-order chi connectivity index (χ0) is 23.8. The summed E-state index contributed by atoms with van der Waals surface area (Å²) in [4.78, 5) is 35.5. The summed E-state index contributed by atoms with van der Waals surface area (Å²) in [6.07, 6.45) is 11.6. The highest BCUT2D eigenvalue weighted by Crippen LogP contribution is 2.36. The minimum atomic E-state index is -0.367. The van der Waals surface area contributed by atoms with E-state index in [9.17, 15) is 14.9 Å². The van der Waals surface area contributed by atoms with Crippen molar-refractivity contribution in [1.82, 2.24) is 14.9 Å². The molecule has 0 bridgehead atoms. The molecular weight excluding hydrogens is 450 g/mol. The van der Waals surface area contributed by atoms with Crippen LogP contribution in [0, 0.1) is 11.3 Å². The van der Waals surface area contributed by atoms with E-state index in [-0.39, 0.29) is 12.0 Å². The number of ether oxygens (including phenoxy) is 1. The van der Waals surface area contributed by atoms with E-state index in [1.165, 1.54) is 17.4 Å². The molecule has 0 aliphatic carbocycles. The number of nitriles is 1. The number of nitrogens with zero attached hydrogens (tertiary/aromatic N) is 4. The Kier molecular flexibility index (Phi) is 7.63. The van der Waals surface area contributed by atoms with Crippen molar-refractivity contribution in [1.29, 1.82) is 5.26 Å². The Morgan fingerprint density at radius 1 is 1.24 bits per heavy atom. The molecule has 0 atom stereocenters. The lowest BCUT2D eigenvalue weighted by atomic mass is 10.0. The highest BCUT2D eigenvalue weighted by Gasteiger charge is 2.28. The molecular formula is C25H23N5O3S. The third-order valence-corrected chi connectivity index (χ3v) is 6.47. The van der Waals surface area contributed by atoms with Gasteiger partial charge in [0.15, 0.2) is 0 Å². The minimum Gasteiger partial charge on any atom is -0.449 e. The van der Waals surface area contributed by atoms with Gasteiger partial charge in [-0.3, -0.25) is 14.8 Å². The summed E-state index contributed by atoms with van der Waals surface area (Å²) in [5.41, 5.74) is 3.26. The number of anilines is 1. The van der Waals surface area contributed by atoms with Crippen molar-refractivity contribution >= 4 is 34.4 Å². The molecule has 4 rings (SSSR count). The topological polar surface area (TPSA) is 108 Å². The Balaban J connectivity index is 1.32. The minimum absolute atomic E-state index is 0.329. The van der Waals surface area contributed by atoms with Crippen LogP contribution in [0.1, 0.15) is 33.6 Å². The molecule has 0 unspecified atom stereocenters. The van der Waals surface area contributed by atoms with Crippen LogP contribution in [0.2, 0.25) is 0 Å². The fourth-order valence-corrected chi connectivity index (χ4v) is 4.86. The molecule has 0 aromatic carbocycles. The summed E-state index contributed by atoms with van der Waals surface area (Å²) in [5, 5.41) is 13.0. The summed E-state index contributed by atoms with van der Waals surface area (Å²) in [7, 11) is 0. The van der Waals surface area contributed by atoms with Crippen LogP contribution in [0.3, 0.4) is 0 Å². The van der Waals surface area contributed by atoms with Crippen molar-refractivity contribution in [3.63, 3.8) is 0 Å². The first kappa shape index (κ1) is 23.1. The maximum Gasteiger partial charge on any atom is 0.410 e. The van der Waals surface area contributed by atoms with Crippen molar-refractivity contribution in [2.45, 2.75) is 25.8 Å². The lowest BCUT2D eigenvalue weighted by Gasteiger charge is -2.26. The van der Waals surface area contributed by atoms with Crippen molar-refractivity contribution in [3.05, 3.63) is 82.3 Å². The lowest BCUT2D eigenvalue weighted by molar-refractivity contribution is -0.111. The van der Waals surface area contributed by atoms with Gasteiger partial charge in [0.25, 0.3) is 0 Å². The lowest BCUT2D eigenvalue weighted by Crippen LogP contribution is -2.36. The van der Waals surface area contributed by atoms with E-state index in [0.717, 1.165) is 34.4 Å². The maximum absolute atomic E-state index is 12.5. The number of nitrogens with one attached hydrogen (secondary N) is 1. The van der Waals surface area contributed by atoms with Crippen LogP contribution in [0.4, 0.5) is 9.80 Å². The van der Waals surface area contributed by atoms with Crippen molar-refractivity contribution in [3.8, 4) is 6.07 Å². The number of amides is 2. The van der Waals surface area contributed by atoms with Gasteiger partial charge in [0.05, 0.1) is 18.7 Å². The van der Waals surface area contributed by atoms with Crippen LogP contribution in [-0.4, -0.2) is 40.0 Å². The van der Waals surface area contributed by atoms with Gasteiger partial charge in [-0.15, -0.1) is 11.3 Å². The Hall–Kier alpha value is -4.03. The number of rotatable bonds is 7. The van der Waals surface area contributed by atoms with E-state index in [1.807, 2.05) is 24.4 Å². The largest absolute Gasteiger partial charge is 0.449 e. The molecule has 4 heterocycles. The number of carbonyl (C=O) groups excluding carboxylic acids is 2. The highest BCUT2D eigenvalue weighted by molar-refractivity contribution is 7.16. The molecule has 0 fully saturated rings. The quantitative estimate of drug-likeness (QED) is 0.407. The molecule has 1 aliphatic heterocycles. The Labute approximate surface area is 201 Å². The zero-order valence-corrected chi connectivity index (χ0v) is 19.3. The second-order valence-corrected chi connectivity index (χ2v) is 8.78. The van der Waals surface area contributed by atoms with Gasteiger partial charge in [-0.1, -0.05) is 12.1 Å². The van der Waals surface area contributed by atoms with Crippen LogP contribution in [0.15, 0.2) is 55.1 Å². The summed E-state index contributed by atoms with van der Waals surface area (Å²) >= 11 is 1.33. The third kappa shape index (κ3) is 5.85. The maximum atomic E-state index is 12.5. The van der Waals surface area contributed by atoms with Gasteiger partial charge >= 0.3 is 6.09 Å². The van der Waals surface area contributed by atoms with Gasteiger partial charge in [-0.05, 0) is 54.2 Å². The van der Waals surface area contributed by atoms with Crippen LogP contribution in [0.5, 0.6) is 0 Å².